The Balaban J connectivity index is 2.06. The maximum Gasteiger partial charge on any atom is 0.152 e. The van der Waals surface area contributed by atoms with Gasteiger partial charge < -0.3 is 9.67 Å². The van der Waals surface area contributed by atoms with Crippen molar-refractivity contribution in [1.82, 2.24) is 4.57 Å². The average molecular weight is 297 g/mol. The molecule has 1 saturated heterocycles. The van der Waals surface area contributed by atoms with Gasteiger partial charge in [0.05, 0.1) is 23.1 Å². The van der Waals surface area contributed by atoms with Crippen molar-refractivity contribution in [2.45, 2.75) is 51.7 Å². The van der Waals surface area contributed by atoms with Gasteiger partial charge in [-0.05, 0) is 37.7 Å². The Morgan fingerprint density at radius 3 is 2.65 bits per heavy atom. The number of nitrogens with zero attached hydrogens (tertiary/aromatic N) is 1. The van der Waals surface area contributed by atoms with Gasteiger partial charge in [-0.2, -0.15) is 0 Å². The number of hydrogen-bond acceptors (Lipinski definition) is 3. The van der Waals surface area contributed by atoms with Crippen LogP contribution in [0.2, 0.25) is 0 Å². The minimum absolute atomic E-state index is 0.0519. The van der Waals surface area contributed by atoms with Crippen LogP contribution >= 0.6 is 0 Å². The Kier molecular flexibility index (Phi) is 2.90. The molecule has 1 aliphatic heterocycles. The minimum atomic E-state index is -2.93. The molecule has 0 aromatic carbocycles. The van der Waals surface area contributed by atoms with E-state index >= 15 is 0 Å². The van der Waals surface area contributed by atoms with Crippen LogP contribution in [-0.4, -0.2) is 29.6 Å². The summed E-state index contributed by atoms with van der Waals surface area (Å²) in [5.41, 5.74) is 1.79. The maximum absolute atomic E-state index is 11.8. The SMILES string of the molecule is CC1(C)Cc2c(ccn2C2(C)CCS(=O)(=O)C2)C(O)C1. The molecule has 5 heteroatoms. The molecule has 0 amide bonds. The third-order valence-electron chi connectivity index (χ3n) is 4.84. The fourth-order valence-corrected chi connectivity index (χ4v) is 5.94. The van der Waals surface area contributed by atoms with Crippen LogP contribution in [0.15, 0.2) is 12.3 Å². The molecule has 1 aliphatic carbocycles. The normalized spacial score (nSPS) is 34.9. The second-order valence-electron chi connectivity index (χ2n) is 7.49. The molecular weight excluding hydrogens is 274 g/mol. The number of rotatable bonds is 1. The quantitative estimate of drug-likeness (QED) is 0.863. The van der Waals surface area contributed by atoms with Gasteiger partial charge >= 0.3 is 0 Å². The van der Waals surface area contributed by atoms with Gasteiger partial charge in [0.15, 0.2) is 9.84 Å². The zero-order chi connectivity index (χ0) is 14.8. The Hall–Kier alpha value is -0.810. The van der Waals surface area contributed by atoms with E-state index in [-0.39, 0.29) is 22.5 Å². The highest BCUT2D eigenvalue weighted by Gasteiger charge is 2.43. The molecule has 1 fully saturated rings. The van der Waals surface area contributed by atoms with Crippen molar-refractivity contribution in [3.8, 4) is 0 Å². The molecule has 20 heavy (non-hydrogen) atoms. The van der Waals surface area contributed by atoms with Crippen LogP contribution < -0.4 is 0 Å². The third kappa shape index (κ3) is 2.21. The highest BCUT2D eigenvalue weighted by molar-refractivity contribution is 7.91. The zero-order valence-corrected chi connectivity index (χ0v) is 13.2. The van der Waals surface area contributed by atoms with Crippen molar-refractivity contribution in [1.29, 1.82) is 0 Å². The van der Waals surface area contributed by atoms with Gasteiger partial charge in [-0.15, -0.1) is 0 Å². The summed E-state index contributed by atoms with van der Waals surface area (Å²) in [6.45, 7) is 6.33. The van der Waals surface area contributed by atoms with E-state index in [0.29, 0.717) is 6.42 Å². The van der Waals surface area contributed by atoms with E-state index in [9.17, 15) is 13.5 Å². The van der Waals surface area contributed by atoms with E-state index in [1.165, 1.54) is 0 Å². The van der Waals surface area contributed by atoms with Crippen LogP contribution in [0.4, 0.5) is 0 Å². The predicted octanol–water partition coefficient (Wildman–Crippen LogP) is 2.03. The molecule has 2 unspecified atom stereocenters. The number of hydrogen-bond donors (Lipinski definition) is 1. The van der Waals surface area contributed by atoms with E-state index in [2.05, 4.69) is 18.4 Å². The Labute approximate surface area is 120 Å². The topological polar surface area (TPSA) is 59.3 Å². The first kappa shape index (κ1) is 14.1. The molecular formula is C15H23NO3S. The number of fused-ring (bicyclic) bond motifs is 1. The first-order valence-electron chi connectivity index (χ1n) is 7.21. The molecule has 112 valence electrons. The second kappa shape index (κ2) is 4.10. The highest BCUT2D eigenvalue weighted by atomic mass is 32.2. The summed E-state index contributed by atoms with van der Waals surface area (Å²) in [4.78, 5) is 0. The molecule has 0 bridgehead atoms. The minimum Gasteiger partial charge on any atom is -0.388 e. The van der Waals surface area contributed by atoms with E-state index in [1.807, 2.05) is 19.2 Å². The highest BCUT2D eigenvalue weighted by Crippen LogP contribution is 2.44. The molecule has 2 heterocycles. The molecule has 4 nitrogen and oxygen atoms in total. The standard InChI is InChI=1S/C15H23NO3S/c1-14(2)8-12-11(13(17)9-14)4-6-16(12)15(3)5-7-20(18,19)10-15/h4,6,13,17H,5,7-10H2,1-3H3. The van der Waals surface area contributed by atoms with Crippen LogP contribution in [0.3, 0.4) is 0 Å². The summed E-state index contributed by atoms with van der Waals surface area (Å²) >= 11 is 0. The van der Waals surface area contributed by atoms with Gasteiger partial charge in [0.25, 0.3) is 0 Å². The Morgan fingerprint density at radius 1 is 1.35 bits per heavy atom. The summed E-state index contributed by atoms with van der Waals surface area (Å²) in [5.74, 6) is 0.472. The van der Waals surface area contributed by atoms with Crippen LogP contribution in [0.1, 0.15) is 51.0 Å². The van der Waals surface area contributed by atoms with Gasteiger partial charge in [-0.25, -0.2) is 8.42 Å². The molecule has 0 spiro atoms. The Morgan fingerprint density at radius 2 is 2.05 bits per heavy atom. The van der Waals surface area contributed by atoms with Crippen molar-refractivity contribution in [3.63, 3.8) is 0 Å². The van der Waals surface area contributed by atoms with Gasteiger partial charge in [0, 0.05) is 17.5 Å². The van der Waals surface area contributed by atoms with Gasteiger partial charge in [-0.3, -0.25) is 0 Å². The molecule has 1 N–H and O–H groups in total. The third-order valence-corrected chi connectivity index (χ3v) is 6.73. The van der Waals surface area contributed by atoms with Crippen LogP contribution in [0.25, 0.3) is 0 Å². The lowest BCUT2D eigenvalue weighted by molar-refractivity contribution is 0.0964. The molecule has 3 rings (SSSR count). The molecule has 0 saturated carbocycles. The molecule has 0 radical (unpaired) electrons. The summed E-state index contributed by atoms with van der Waals surface area (Å²) in [5, 5.41) is 10.3. The first-order chi connectivity index (χ1) is 9.12. The lowest BCUT2D eigenvalue weighted by Crippen LogP contribution is -2.35. The zero-order valence-electron chi connectivity index (χ0n) is 12.4. The fraction of sp³-hybridized carbons (Fsp3) is 0.733. The predicted molar refractivity (Wildman–Crippen MR) is 78.4 cm³/mol. The molecule has 2 atom stereocenters. The number of aromatic nitrogens is 1. The fourth-order valence-electron chi connectivity index (χ4n) is 3.82. The van der Waals surface area contributed by atoms with Crippen molar-refractivity contribution in [2.24, 2.45) is 5.41 Å². The lowest BCUT2D eigenvalue weighted by atomic mass is 9.75. The lowest BCUT2D eigenvalue weighted by Gasteiger charge is -2.37. The number of aliphatic hydroxyl groups excluding tert-OH is 1. The monoisotopic (exact) mass is 297 g/mol. The van der Waals surface area contributed by atoms with Crippen molar-refractivity contribution in [2.75, 3.05) is 11.5 Å². The van der Waals surface area contributed by atoms with Gasteiger partial charge in [-0.1, -0.05) is 13.8 Å². The van der Waals surface area contributed by atoms with Crippen LogP contribution in [-0.2, 0) is 21.8 Å². The second-order valence-corrected chi connectivity index (χ2v) is 9.67. The van der Waals surface area contributed by atoms with Crippen molar-refractivity contribution in [3.05, 3.63) is 23.5 Å². The summed E-state index contributed by atoms with van der Waals surface area (Å²) in [6, 6.07) is 1.96. The van der Waals surface area contributed by atoms with Crippen LogP contribution in [0, 0.1) is 5.41 Å². The smallest absolute Gasteiger partial charge is 0.152 e. The van der Waals surface area contributed by atoms with E-state index in [0.717, 1.165) is 24.1 Å². The van der Waals surface area contributed by atoms with Crippen molar-refractivity contribution < 1.29 is 13.5 Å². The number of sulfone groups is 1. The summed E-state index contributed by atoms with van der Waals surface area (Å²) in [7, 11) is -2.93. The number of aliphatic hydroxyl groups is 1. The molecule has 1 aromatic heterocycles. The average Bonchev–Trinajstić information content (AvgIpc) is 2.79. The van der Waals surface area contributed by atoms with E-state index in [4.69, 9.17) is 0 Å². The van der Waals surface area contributed by atoms with Gasteiger partial charge in [0.1, 0.15) is 0 Å². The Bertz CT molecular complexity index is 644. The summed E-state index contributed by atoms with van der Waals surface area (Å²) in [6.07, 6.45) is 3.85. The largest absolute Gasteiger partial charge is 0.388 e. The molecule has 2 aliphatic rings. The molecule has 1 aromatic rings. The van der Waals surface area contributed by atoms with E-state index < -0.39 is 15.9 Å². The summed E-state index contributed by atoms with van der Waals surface area (Å²) < 4.78 is 25.8. The van der Waals surface area contributed by atoms with Crippen molar-refractivity contribution >= 4 is 9.84 Å². The van der Waals surface area contributed by atoms with E-state index in [1.54, 1.807) is 0 Å². The first-order valence-corrected chi connectivity index (χ1v) is 9.03. The van der Waals surface area contributed by atoms with Gasteiger partial charge in [0.2, 0.25) is 0 Å². The van der Waals surface area contributed by atoms with Crippen LogP contribution in [0.5, 0.6) is 0 Å². The maximum atomic E-state index is 11.8.